The molecule has 0 saturated carbocycles. The number of hydrogen-bond acceptors (Lipinski definition) is 6. The highest BCUT2D eigenvalue weighted by molar-refractivity contribution is 5.98. The first-order valence-corrected chi connectivity index (χ1v) is 11.0. The maximum Gasteiger partial charge on any atom is 0.308 e. The molecule has 0 aromatic rings. The van der Waals surface area contributed by atoms with Gasteiger partial charge in [-0.05, 0) is 63.0 Å². The molecule has 28 heavy (non-hydrogen) atoms. The van der Waals surface area contributed by atoms with Gasteiger partial charge < -0.3 is 18.9 Å². The molecule has 0 amide bonds. The molecule has 3 atom stereocenters. The molecule has 0 aromatic heterocycles. The Morgan fingerprint density at radius 1 is 0.964 bits per heavy atom. The van der Waals surface area contributed by atoms with Gasteiger partial charge in [0.25, 0.3) is 0 Å². The van der Waals surface area contributed by atoms with E-state index < -0.39 is 0 Å². The Morgan fingerprint density at radius 3 is 2.39 bits per heavy atom. The summed E-state index contributed by atoms with van der Waals surface area (Å²) in [6.45, 7) is 1.44. The Kier molecular flexibility index (Phi) is 8.96. The molecule has 2 heterocycles. The Balaban J connectivity index is 1.23. The Bertz CT molecular complexity index is 531. The average molecular weight is 395 g/mol. The molecule has 2 saturated heterocycles. The molecule has 2 aliphatic heterocycles. The lowest BCUT2D eigenvalue weighted by molar-refractivity contribution is -0.186. The number of esters is 1. The summed E-state index contributed by atoms with van der Waals surface area (Å²) >= 11 is 0. The molecule has 3 aliphatic rings. The van der Waals surface area contributed by atoms with Gasteiger partial charge in [-0.25, -0.2) is 0 Å². The number of ether oxygens (including phenoxy) is 4. The van der Waals surface area contributed by atoms with E-state index in [-0.39, 0.29) is 30.4 Å². The first-order valence-electron chi connectivity index (χ1n) is 11.0. The van der Waals surface area contributed by atoms with Crippen molar-refractivity contribution in [1.29, 1.82) is 0 Å². The molecule has 0 spiro atoms. The Morgan fingerprint density at radius 2 is 1.68 bits per heavy atom. The van der Waals surface area contributed by atoms with Crippen LogP contribution in [0.2, 0.25) is 0 Å². The van der Waals surface area contributed by atoms with Crippen LogP contribution in [0.15, 0.2) is 11.6 Å². The normalized spacial score (nSPS) is 28.2. The molecule has 1 aliphatic carbocycles. The number of carbonyl (C=O) groups is 2. The largest absolute Gasteiger partial charge is 0.436 e. The first kappa shape index (κ1) is 21.5. The van der Waals surface area contributed by atoms with E-state index in [4.69, 9.17) is 18.9 Å². The Hall–Kier alpha value is -1.24. The van der Waals surface area contributed by atoms with Gasteiger partial charge in [0, 0.05) is 25.9 Å². The minimum absolute atomic E-state index is 0.123. The van der Waals surface area contributed by atoms with Crippen molar-refractivity contribution >= 4 is 11.8 Å². The molecular formula is C22H34O6. The number of rotatable bonds is 10. The second kappa shape index (κ2) is 11.7. The fourth-order valence-electron chi connectivity index (χ4n) is 3.96. The summed E-state index contributed by atoms with van der Waals surface area (Å²) in [6.07, 6.45) is 12.9. The standard InChI is InChI=1S/C22H34O6/c23-19-16-18(27-21-11-5-7-13-25-21)15-17(19)9-3-1-2-4-10-20(24)28-22-12-6-8-14-26-22/h15,18,21-22H,1-14,16H2. The van der Waals surface area contributed by atoms with E-state index in [1.54, 1.807) is 0 Å². The van der Waals surface area contributed by atoms with Crippen LogP contribution in [-0.2, 0) is 28.5 Å². The minimum atomic E-state index is -0.337. The highest BCUT2D eigenvalue weighted by atomic mass is 16.7. The van der Waals surface area contributed by atoms with Gasteiger partial charge in [-0.2, -0.15) is 0 Å². The summed E-state index contributed by atoms with van der Waals surface area (Å²) < 4.78 is 22.2. The van der Waals surface area contributed by atoms with Gasteiger partial charge in [0.15, 0.2) is 12.1 Å². The molecular weight excluding hydrogens is 360 g/mol. The van der Waals surface area contributed by atoms with Crippen LogP contribution in [-0.4, -0.2) is 43.7 Å². The summed E-state index contributed by atoms with van der Waals surface area (Å²) in [5, 5.41) is 0. The van der Waals surface area contributed by atoms with Gasteiger partial charge in [-0.3, -0.25) is 9.59 Å². The maximum absolute atomic E-state index is 12.2. The third-order valence-corrected chi connectivity index (χ3v) is 5.57. The number of Topliss-reactive ketones (excluding diaryl/α,β-unsaturated/α-hetero) is 1. The fraction of sp³-hybridized carbons (Fsp3) is 0.818. The SMILES string of the molecule is O=C(CCCCCCC1=CC(OC2CCCCO2)CC1=O)OC1CCCCO1. The first-order chi connectivity index (χ1) is 13.7. The molecule has 158 valence electrons. The van der Waals surface area contributed by atoms with E-state index in [2.05, 4.69) is 0 Å². The molecule has 6 nitrogen and oxygen atoms in total. The molecule has 3 unspecified atom stereocenters. The van der Waals surface area contributed by atoms with Crippen molar-refractivity contribution in [2.24, 2.45) is 0 Å². The highest BCUT2D eigenvalue weighted by Crippen LogP contribution is 2.26. The molecule has 0 bridgehead atoms. The van der Waals surface area contributed by atoms with Crippen LogP contribution in [0.5, 0.6) is 0 Å². The molecule has 0 aromatic carbocycles. The van der Waals surface area contributed by atoms with Gasteiger partial charge in [-0.1, -0.05) is 12.8 Å². The topological polar surface area (TPSA) is 71.1 Å². The van der Waals surface area contributed by atoms with Crippen LogP contribution in [0, 0.1) is 0 Å². The summed E-state index contributed by atoms with van der Waals surface area (Å²) in [6, 6.07) is 0. The lowest BCUT2D eigenvalue weighted by Gasteiger charge is -2.24. The minimum Gasteiger partial charge on any atom is -0.436 e. The third kappa shape index (κ3) is 7.30. The smallest absolute Gasteiger partial charge is 0.308 e. The molecule has 6 heteroatoms. The number of unbranched alkanes of at least 4 members (excludes halogenated alkanes) is 3. The van der Waals surface area contributed by atoms with Crippen LogP contribution < -0.4 is 0 Å². The van der Waals surface area contributed by atoms with Crippen molar-refractivity contribution in [3.8, 4) is 0 Å². The van der Waals surface area contributed by atoms with Crippen LogP contribution in [0.1, 0.15) is 83.5 Å². The predicted molar refractivity (Wildman–Crippen MR) is 104 cm³/mol. The van der Waals surface area contributed by atoms with Crippen LogP contribution in [0.25, 0.3) is 0 Å². The lowest BCUT2D eigenvalue weighted by Crippen LogP contribution is -2.26. The van der Waals surface area contributed by atoms with E-state index in [0.29, 0.717) is 19.4 Å². The zero-order valence-corrected chi connectivity index (χ0v) is 16.9. The number of carbonyl (C=O) groups excluding carboxylic acids is 2. The fourth-order valence-corrected chi connectivity index (χ4v) is 3.96. The quantitative estimate of drug-likeness (QED) is 0.408. The van der Waals surface area contributed by atoms with Crippen molar-refractivity contribution in [3.63, 3.8) is 0 Å². The Labute approximate surface area is 167 Å². The van der Waals surface area contributed by atoms with Crippen molar-refractivity contribution in [2.75, 3.05) is 13.2 Å². The second-order valence-corrected chi connectivity index (χ2v) is 7.99. The van der Waals surface area contributed by atoms with E-state index in [0.717, 1.165) is 82.8 Å². The van der Waals surface area contributed by atoms with Crippen molar-refractivity contribution in [1.82, 2.24) is 0 Å². The van der Waals surface area contributed by atoms with Gasteiger partial charge in [0.2, 0.25) is 6.29 Å². The molecule has 0 N–H and O–H groups in total. The molecule has 2 fully saturated rings. The summed E-state index contributed by atoms with van der Waals surface area (Å²) in [5.74, 6) is 0.0439. The van der Waals surface area contributed by atoms with Gasteiger partial charge in [0.1, 0.15) is 0 Å². The highest BCUT2D eigenvalue weighted by Gasteiger charge is 2.27. The second-order valence-electron chi connectivity index (χ2n) is 7.99. The zero-order chi connectivity index (χ0) is 19.6. The van der Waals surface area contributed by atoms with E-state index in [9.17, 15) is 9.59 Å². The maximum atomic E-state index is 12.2. The molecule has 0 radical (unpaired) electrons. The lowest BCUT2D eigenvalue weighted by atomic mass is 10.0. The van der Waals surface area contributed by atoms with Crippen molar-refractivity contribution in [2.45, 2.75) is 102 Å². The van der Waals surface area contributed by atoms with Crippen LogP contribution in [0.3, 0.4) is 0 Å². The summed E-state index contributed by atoms with van der Waals surface area (Å²) in [5.41, 5.74) is 0.898. The van der Waals surface area contributed by atoms with Gasteiger partial charge in [0.05, 0.1) is 12.7 Å². The van der Waals surface area contributed by atoms with Crippen LogP contribution in [0.4, 0.5) is 0 Å². The van der Waals surface area contributed by atoms with E-state index in [1.807, 2.05) is 6.08 Å². The summed E-state index contributed by atoms with van der Waals surface area (Å²) in [4.78, 5) is 24.0. The van der Waals surface area contributed by atoms with Crippen LogP contribution >= 0.6 is 0 Å². The van der Waals surface area contributed by atoms with E-state index >= 15 is 0 Å². The van der Waals surface area contributed by atoms with Crippen molar-refractivity contribution in [3.05, 3.63) is 11.6 Å². The predicted octanol–water partition coefficient (Wildman–Crippen LogP) is 4.21. The summed E-state index contributed by atoms with van der Waals surface area (Å²) in [7, 11) is 0. The average Bonchev–Trinajstić information content (AvgIpc) is 3.05. The zero-order valence-electron chi connectivity index (χ0n) is 16.9. The van der Waals surface area contributed by atoms with Crippen molar-refractivity contribution < 1.29 is 28.5 Å². The van der Waals surface area contributed by atoms with Gasteiger partial charge >= 0.3 is 5.97 Å². The van der Waals surface area contributed by atoms with Gasteiger partial charge in [-0.15, -0.1) is 0 Å². The monoisotopic (exact) mass is 394 g/mol. The number of hydrogen-bond donors (Lipinski definition) is 0. The molecule has 3 rings (SSSR count). The number of allylic oxidation sites excluding steroid dienone is 1. The van der Waals surface area contributed by atoms with E-state index in [1.165, 1.54) is 0 Å². The third-order valence-electron chi connectivity index (χ3n) is 5.57. The number of ketones is 1.